The zero-order valence-electron chi connectivity index (χ0n) is 16.1. The first kappa shape index (κ1) is 21.1. The Morgan fingerprint density at radius 1 is 1.14 bits per heavy atom. The van der Waals surface area contributed by atoms with Crippen LogP contribution in [0.4, 0.5) is 14.9 Å². The smallest absolute Gasteiger partial charge is 0.321 e. The molecule has 29 heavy (non-hydrogen) atoms. The zero-order valence-corrected chi connectivity index (χ0v) is 16.9. The normalized spacial score (nSPS) is 15.2. The first-order chi connectivity index (χ1) is 13.9. The maximum atomic E-state index is 13.0. The Labute approximate surface area is 169 Å². The van der Waals surface area contributed by atoms with Gasteiger partial charge in [0.25, 0.3) is 0 Å². The first-order valence-corrected chi connectivity index (χ1v) is 10.8. The number of methoxy groups -OCH3 is 1. The van der Waals surface area contributed by atoms with E-state index in [1.54, 1.807) is 24.1 Å². The van der Waals surface area contributed by atoms with E-state index < -0.39 is 15.8 Å². The standard InChI is InChI=1S/C20H24FN3O4S/c1-28-19-5-3-2-4-18(19)23-20(25)24-12-10-15(11-13-24)14-22-29(26,27)17-8-6-16(21)7-9-17/h2-9,15,22H,10-14H2,1H3,(H,23,25). The third-order valence-corrected chi connectivity index (χ3v) is 6.38. The van der Waals surface area contributed by atoms with Gasteiger partial charge < -0.3 is 15.0 Å². The van der Waals surface area contributed by atoms with Crippen LogP contribution in [0.2, 0.25) is 0 Å². The van der Waals surface area contributed by atoms with Crippen LogP contribution in [0.1, 0.15) is 12.8 Å². The third-order valence-electron chi connectivity index (χ3n) is 4.94. The quantitative estimate of drug-likeness (QED) is 0.751. The Hall–Kier alpha value is -2.65. The average molecular weight is 421 g/mol. The molecule has 0 bridgehead atoms. The predicted octanol–water partition coefficient (Wildman–Crippen LogP) is 3.06. The molecular formula is C20H24FN3O4S. The number of hydrogen-bond donors (Lipinski definition) is 2. The summed E-state index contributed by atoms with van der Waals surface area (Å²) in [5, 5.41) is 2.85. The lowest BCUT2D eigenvalue weighted by molar-refractivity contribution is 0.183. The van der Waals surface area contributed by atoms with E-state index in [0.29, 0.717) is 37.4 Å². The molecule has 2 aromatic rings. The number of carbonyl (C=O) groups is 1. The minimum absolute atomic E-state index is 0.0347. The maximum absolute atomic E-state index is 13.0. The summed E-state index contributed by atoms with van der Waals surface area (Å²) in [4.78, 5) is 14.2. The number of piperidine rings is 1. The number of benzene rings is 2. The van der Waals surface area contributed by atoms with Gasteiger partial charge in [0.2, 0.25) is 10.0 Å². The zero-order chi connectivity index (χ0) is 20.9. The number of anilines is 1. The fourth-order valence-corrected chi connectivity index (χ4v) is 4.32. The predicted molar refractivity (Wildman–Crippen MR) is 108 cm³/mol. The van der Waals surface area contributed by atoms with E-state index in [1.807, 2.05) is 12.1 Å². The Balaban J connectivity index is 1.49. The summed E-state index contributed by atoms with van der Waals surface area (Å²) in [6.45, 7) is 1.34. The molecule has 9 heteroatoms. The van der Waals surface area contributed by atoms with Gasteiger partial charge in [-0.15, -0.1) is 0 Å². The fourth-order valence-electron chi connectivity index (χ4n) is 3.21. The van der Waals surface area contributed by atoms with Gasteiger partial charge in [-0.1, -0.05) is 12.1 Å². The highest BCUT2D eigenvalue weighted by Gasteiger charge is 2.25. The number of nitrogens with zero attached hydrogens (tertiary/aromatic N) is 1. The van der Waals surface area contributed by atoms with Crippen molar-refractivity contribution in [3.63, 3.8) is 0 Å². The van der Waals surface area contributed by atoms with Crippen molar-refractivity contribution in [3.05, 3.63) is 54.3 Å². The van der Waals surface area contributed by atoms with Crippen LogP contribution < -0.4 is 14.8 Å². The summed E-state index contributed by atoms with van der Waals surface area (Å²) in [5.41, 5.74) is 0.606. The second kappa shape index (κ2) is 9.23. The van der Waals surface area contributed by atoms with Crippen LogP contribution >= 0.6 is 0 Å². The minimum Gasteiger partial charge on any atom is -0.495 e. The van der Waals surface area contributed by atoms with Gasteiger partial charge in [0.1, 0.15) is 11.6 Å². The van der Waals surface area contributed by atoms with Gasteiger partial charge in [0.05, 0.1) is 17.7 Å². The lowest BCUT2D eigenvalue weighted by atomic mass is 9.97. The largest absolute Gasteiger partial charge is 0.495 e. The van der Waals surface area contributed by atoms with E-state index in [9.17, 15) is 17.6 Å². The molecule has 1 aliphatic rings. The molecule has 2 N–H and O–H groups in total. The highest BCUT2D eigenvalue weighted by Crippen LogP contribution is 2.24. The summed E-state index contributed by atoms with van der Waals surface area (Å²) in [6, 6.07) is 11.7. The number of likely N-dealkylation sites (tertiary alicyclic amines) is 1. The van der Waals surface area contributed by atoms with E-state index in [1.165, 1.54) is 12.1 Å². The molecule has 0 aromatic heterocycles. The number of amides is 2. The molecule has 1 fully saturated rings. The van der Waals surface area contributed by atoms with Crippen LogP contribution in [0.25, 0.3) is 0 Å². The number of hydrogen-bond acceptors (Lipinski definition) is 4. The van der Waals surface area contributed by atoms with Gasteiger partial charge >= 0.3 is 6.03 Å². The second-order valence-electron chi connectivity index (χ2n) is 6.87. The van der Waals surface area contributed by atoms with Gasteiger partial charge in [-0.25, -0.2) is 22.3 Å². The lowest BCUT2D eigenvalue weighted by Crippen LogP contribution is -2.43. The topological polar surface area (TPSA) is 87.7 Å². The van der Waals surface area contributed by atoms with Crippen molar-refractivity contribution in [2.75, 3.05) is 32.1 Å². The number of rotatable bonds is 6. The highest BCUT2D eigenvalue weighted by molar-refractivity contribution is 7.89. The molecule has 1 aliphatic heterocycles. The van der Waals surface area contributed by atoms with Gasteiger partial charge in [-0.05, 0) is 55.2 Å². The Kier molecular flexibility index (Phi) is 6.71. The number of ether oxygens (including phenoxy) is 1. The molecule has 2 aromatic carbocycles. The first-order valence-electron chi connectivity index (χ1n) is 9.33. The Bertz CT molecular complexity index is 942. The summed E-state index contributed by atoms with van der Waals surface area (Å²) < 4.78 is 45.4. The molecule has 0 atom stereocenters. The molecule has 0 spiro atoms. The van der Waals surface area contributed by atoms with Crippen molar-refractivity contribution < 1.29 is 22.3 Å². The molecular weight excluding hydrogens is 397 g/mol. The molecule has 0 unspecified atom stereocenters. The molecule has 1 saturated heterocycles. The molecule has 0 saturated carbocycles. The highest BCUT2D eigenvalue weighted by atomic mass is 32.2. The van der Waals surface area contributed by atoms with Gasteiger partial charge in [0, 0.05) is 19.6 Å². The summed E-state index contributed by atoms with van der Waals surface area (Å²) in [7, 11) is -2.13. The molecule has 7 nitrogen and oxygen atoms in total. The minimum atomic E-state index is -3.68. The van der Waals surface area contributed by atoms with Crippen molar-refractivity contribution in [2.24, 2.45) is 5.92 Å². The van der Waals surface area contributed by atoms with Crippen LogP contribution in [-0.2, 0) is 10.0 Å². The van der Waals surface area contributed by atoms with Crippen molar-refractivity contribution in [3.8, 4) is 5.75 Å². The number of halogens is 1. The van der Waals surface area contributed by atoms with Gasteiger partial charge in [0.15, 0.2) is 0 Å². The number of para-hydroxylation sites is 2. The monoisotopic (exact) mass is 421 g/mol. The number of sulfonamides is 1. The number of nitrogens with one attached hydrogen (secondary N) is 2. The molecule has 156 valence electrons. The second-order valence-corrected chi connectivity index (χ2v) is 8.63. The fraction of sp³-hybridized carbons (Fsp3) is 0.350. The van der Waals surface area contributed by atoms with Gasteiger partial charge in [-0.3, -0.25) is 0 Å². The summed E-state index contributed by atoms with van der Waals surface area (Å²) >= 11 is 0. The van der Waals surface area contributed by atoms with Crippen molar-refractivity contribution in [1.82, 2.24) is 9.62 Å². The SMILES string of the molecule is COc1ccccc1NC(=O)N1CCC(CNS(=O)(=O)c2ccc(F)cc2)CC1. The van der Waals surface area contributed by atoms with E-state index in [0.717, 1.165) is 12.1 Å². The average Bonchev–Trinajstić information content (AvgIpc) is 2.73. The van der Waals surface area contributed by atoms with Crippen molar-refractivity contribution in [1.29, 1.82) is 0 Å². The van der Waals surface area contributed by atoms with Gasteiger partial charge in [-0.2, -0.15) is 0 Å². The maximum Gasteiger partial charge on any atom is 0.321 e. The van der Waals surface area contributed by atoms with Crippen LogP contribution in [0.15, 0.2) is 53.4 Å². The Morgan fingerprint density at radius 2 is 1.79 bits per heavy atom. The van der Waals surface area contributed by atoms with Crippen LogP contribution in [0, 0.1) is 11.7 Å². The third kappa shape index (κ3) is 5.45. The van der Waals surface area contributed by atoms with Crippen molar-refractivity contribution in [2.45, 2.75) is 17.7 Å². The van der Waals surface area contributed by atoms with E-state index in [-0.39, 0.29) is 23.4 Å². The van der Waals surface area contributed by atoms with Crippen LogP contribution in [0.5, 0.6) is 5.75 Å². The summed E-state index contributed by atoms with van der Waals surface area (Å²) in [5.74, 6) is 0.231. The number of carbonyl (C=O) groups excluding carboxylic acids is 1. The molecule has 0 radical (unpaired) electrons. The van der Waals surface area contributed by atoms with Crippen molar-refractivity contribution >= 4 is 21.7 Å². The van der Waals surface area contributed by atoms with E-state index in [4.69, 9.17) is 4.74 Å². The van der Waals surface area contributed by atoms with Crippen LogP contribution in [-0.4, -0.2) is 46.1 Å². The molecule has 0 aliphatic carbocycles. The van der Waals surface area contributed by atoms with E-state index in [2.05, 4.69) is 10.0 Å². The van der Waals surface area contributed by atoms with Crippen LogP contribution in [0.3, 0.4) is 0 Å². The molecule has 3 rings (SSSR count). The molecule has 2 amide bonds. The lowest BCUT2D eigenvalue weighted by Gasteiger charge is -2.32. The molecule has 1 heterocycles. The Morgan fingerprint density at radius 3 is 2.45 bits per heavy atom. The summed E-state index contributed by atoms with van der Waals surface area (Å²) in [6.07, 6.45) is 1.37. The number of urea groups is 1. The van der Waals surface area contributed by atoms with E-state index >= 15 is 0 Å².